The molecule has 7 heteroatoms. The summed E-state index contributed by atoms with van der Waals surface area (Å²) in [6.07, 6.45) is 0. The van der Waals surface area contributed by atoms with Gasteiger partial charge in [0.25, 0.3) is 5.56 Å². The van der Waals surface area contributed by atoms with E-state index in [0.717, 1.165) is 0 Å². The molecule has 0 fully saturated rings. The van der Waals surface area contributed by atoms with Crippen LogP contribution in [0.2, 0.25) is 0 Å². The van der Waals surface area contributed by atoms with Gasteiger partial charge in [0.15, 0.2) is 11.4 Å². The van der Waals surface area contributed by atoms with Crippen LogP contribution >= 0.6 is 0 Å². The van der Waals surface area contributed by atoms with Crippen molar-refractivity contribution in [3.63, 3.8) is 0 Å². The number of benzene rings is 2. The molecular weight excluding hydrogens is 320 g/mol. The fourth-order valence-electron chi connectivity index (χ4n) is 2.23. The van der Waals surface area contributed by atoms with Gasteiger partial charge in [-0.1, -0.05) is 36.4 Å². The number of esters is 1. The SMILES string of the molecule is CCOC(=O)c1[nH]n(-c2ccccc2)c(=O)c1N=Nc1ccccc1. The molecule has 0 saturated heterocycles. The van der Waals surface area contributed by atoms with Gasteiger partial charge in [-0.3, -0.25) is 9.89 Å². The van der Waals surface area contributed by atoms with E-state index in [1.807, 2.05) is 12.1 Å². The summed E-state index contributed by atoms with van der Waals surface area (Å²) in [5.41, 5.74) is 0.554. The molecule has 0 saturated carbocycles. The molecule has 0 aliphatic rings. The molecule has 7 nitrogen and oxygen atoms in total. The maximum Gasteiger partial charge on any atom is 0.358 e. The van der Waals surface area contributed by atoms with Crippen molar-refractivity contribution in [2.75, 3.05) is 6.61 Å². The van der Waals surface area contributed by atoms with Gasteiger partial charge >= 0.3 is 5.97 Å². The zero-order chi connectivity index (χ0) is 17.6. The first-order valence-corrected chi connectivity index (χ1v) is 7.75. The normalized spacial score (nSPS) is 10.9. The molecule has 0 amide bonds. The lowest BCUT2D eigenvalue weighted by Crippen LogP contribution is -2.13. The standard InChI is InChI=1S/C18H16N4O3/c1-2-25-18(24)16-15(20-19-13-9-5-3-6-10-13)17(23)22(21-16)14-11-7-4-8-12-14/h3-12,21H,2H2,1H3. The fraction of sp³-hybridized carbons (Fsp3) is 0.111. The Bertz CT molecular complexity index is 943. The molecule has 0 aliphatic carbocycles. The zero-order valence-corrected chi connectivity index (χ0v) is 13.5. The third kappa shape index (κ3) is 3.55. The summed E-state index contributed by atoms with van der Waals surface area (Å²) in [5, 5.41) is 10.8. The lowest BCUT2D eigenvalue weighted by Gasteiger charge is -2.01. The van der Waals surface area contributed by atoms with E-state index >= 15 is 0 Å². The number of nitrogens with zero attached hydrogens (tertiary/aromatic N) is 3. The van der Waals surface area contributed by atoms with Gasteiger partial charge in [-0.25, -0.2) is 9.48 Å². The number of aromatic amines is 1. The van der Waals surface area contributed by atoms with E-state index in [2.05, 4.69) is 15.3 Å². The largest absolute Gasteiger partial charge is 0.461 e. The predicted molar refractivity (Wildman–Crippen MR) is 93.0 cm³/mol. The topological polar surface area (TPSA) is 88.8 Å². The summed E-state index contributed by atoms with van der Waals surface area (Å²) in [4.78, 5) is 24.9. The Balaban J connectivity index is 2.08. The van der Waals surface area contributed by atoms with Crippen molar-refractivity contribution in [2.45, 2.75) is 6.92 Å². The summed E-state index contributed by atoms with van der Waals surface area (Å²) in [6.45, 7) is 1.88. The first-order chi connectivity index (χ1) is 12.2. The number of azo groups is 1. The number of hydrogen-bond donors (Lipinski definition) is 1. The smallest absolute Gasteiger partial charge is 0.358 e. The van der Waals surface area contributed by atoms with Crippen molar-refractivity contribution in [1.29, 1.82) is 0 Å². The van der Waals surface area contributed by atoms with Gasteiger partial charge in [-0.15, -0.1) is 5.11 Å². The number of aromatic nitrogens is 2. The minimum atomic E-state index is -0.656. The third-order valence-electron chi connectivity index (χ3n) is 3.38. The maximum absolute atomic E-state index is 12.7. The summed E-state index contributed by atoms with van der Waals surface area (Å²) in [5.74, 6) is -0.656. The van der Waals surface area contributed by atoms with Crippen LogP contribution in [0.15, 0.2) is 75.7 Å². The van der Waals surface area contributed by atoms with E-state index in [9.17, 15) is 9.59 Å². The average molecular weight is 336 g/mol. The van der Waals surface area contributed by atoms with Gasteiger partial charge in [0, 0.05) is 0 Å². The van der Waals surface area contributed by atoms with Crippen molar-refractivity contribution in [1.82, 2.24) is 9.78 Å². The summed E-state index contributed by atoms with van der Waals surface area (Å²) < 4.78 is 6.24. The Labute approximate surface area is 143 Å². The summed E-state index contributed by atoms with van der Waals surface area (Å²) in [6, 6.07) is 17.8. The number of nitrogens with one attached hydrogen (secondary N) is 1. The van der Waals surface area contributed by atoms with Gasteiger partial charge in [0.2, 0.25) is 0 Å². The molecule has 3 aromatic rings. The Morgan fingerprint density at radius 3 is 2.32 bits per heavy atom. The Kier molecular flexibility index (Phi) is 4.84. The van der Waals surface area contributed by atoms with Crippen LogP contribution in [0.25, 0.3) is 5.69 Å². The molecule has 1 N–H and O–H groups in total. The highest BCUT2D eigenvalue weighted by molar-refractivity contribution is 5.92. The van der Waals surface area contributed by atoms with Crippen LogP contribution in [0.5, 0.6) is 0 Å². The lowest BCUT2D eigenvalue weighted by molar-refractivity contribution is 0.0520. The van der Waals surface area contributed by atoms with Crippen LogP contribution in [-0.4, -0.2) is 22.4 Å². The zero-order valence-electron chi connectivity index (χ0n) is 13.5. The van der Waals surface area contributed by atoms with E-state index in [1.54, 1.807) is 55.5 Å². The number of carbonyl (C=O) groups is 1. The summed E-state index contributed by atoms with van der Waals surface area (Å²) >= 11 is 0. The third-order valence-corrected chi connectivity index (χ3v) is 3.38. The van der Waals surface area contributed by atoms with Crippen LogP contribution in [0.3, 0.4) is 0 Å². The van der Waals surface area contributed by atoms with Crippen molar-refractivity contribution in [3.8, 4) is 5.69 Å². The minimum Gasteiger partial charge on any atom is -0.461 e. The Morgan fingerprint density at radius 1 is 1.04 bits per heavy atom. The number of H-pyrrole nitrogens is 1. The first-order valence-electron chi connectivity index (χ1n) is 7.75. The molecule has 0 bridgehead atoms. The number of hydrogen-bond acceptors (Lipinski definition) is 5. The molecule has 2 aromatic carbocycles. The highest BCUT2D eigenvalue weighted by Gasteiger charge is 2.22. The van der Waals surface area contributed by atoms with E-state index in [1.165, 1.54) is 4.68 Å². The molecule has 3 rings (SSSR count). The van der Waals surface area contributed by atoms with Crippen LogP contribution in [-0.2, 0) is 4.74 Å². The lowest BCUT2D eigenvalue weighted by atomic mass is 10.3. The molecule has 0 spiro atoms. The van der Waals surface area contributed by atoms with Crippen molar-refractivity contribution < 1.29 is 9.53 Å². The molecule has 1 aromatic heterocycles. The van der Waals surface area contributed by atoms with Gasteiger partial charge in [-0.2, -0.15) is 5.11 Å². The van der Waals surface area contributed by atoms with E-state index < -0.39 is 11.5 Å². The van der Waals surface area contributed by atoms with Crippen LogP contribution in [0, 0.1) is 0 Å². The molecular formula is C18H16N4O3. The molecule has 0 atom stereocenters. The number of rotatable bonds is 5. The van der Waals surface area contributed by atoms with Crippen LogP contribution in [0.1, 0.15) is 17.4 Å². The second-order valence-electron chi connectivity index (χ2n) is 5.07. The first kappa shape index (κ1) is 16.4. The number of carbonyl (C=O) groups excluding carboxylic acids is 1. The highest BCUT2D eigenvalue weighted by atomic mass is 16.5. The molecule has 0 aliphatic heterocycles. The number of ether oxygens (including phenoxy) is 1. The Morgan fingerprint density at radius 2 is 1.68 bits per heavy atom. The second-order valence-corrected chi connectivity index (χ2v) is 5.07. The minimum absolute atomic E-state index is 0.0321. The van der Waals surface area contributed by atoms with E-state index in [-0.39, 0.29) is 18.0 Å². The molecule has 1 heterocycles. The van der Waals surface area contributed by atoms with Gasteiger partial charge in [-0.05, 0) is 31.2 Å². The second kappa shape index (κ2) is 7.39. The molecule has 126 valence electrons. The van der Waals surface area contributed by atoms with Gasteiger partial charge in [0.1, 0.15) is 0 Å². The maximum atomic E-state index is 12.7. The molecule has 25 heavy (non-hydrogen) atoms. The van der Waals surface area contributed by atoms with Crippen molar-refractivity contribution >= 4 is 17.3 Å². The van der Waals surface area contributed by atoms with Crippen LogP contribution in [0.4, 0.5) is 11.4 Å². The van der Waals surface area contributed by atoms with Gasteiger partial charge < -0.3 is 4.74 Å². The molecule has 0 radical (unpaired) electrons. The molecule has 0 unspecified atom stereocenters. The van der Waals surface area contributed by atoms with Crippen molar-refractivity contribution in [3.05, 3.63) is 76.7 Å². The Hall–Kier alpha value is -3.48. The monoisotopic (exact) mass is 336 g/mol. The number of para-hydroxylation sites is 1. The fourth-order valence-corrected chi connectivity index (χ4v) is 2.23. The summed E-state index contributed by atoms with van der Waals surface area (Å²) in [7, 11) is 0. The highest BCUT2D eigenvalue weighted by Crippen LogP contribution is 2.20. The van der Waals surface area contributed by atoms with Gasteiger partial charge in [0.05, 0.1) is 18.0 Å². The van der Waals surface area contributed by atoms with Crippen LogP contribution < -0.4 is 5.56 Å². The predicted octanol–water partition coefficient (Wildman–Crippen LogP) is 3.76. The quantitative estimate of drug-likeness (QED) is 0.568. The average Bonchev–Trinajstić information content (AvgIpc) is 2.98. The van der Waals surface area contributed by atoms with E-state index in [4.69, 9.17) is 4.74 Å². The van der Waals surface area contributed by atoms with E-state index in [0.29, 0.717) is 11.4 Å². The van der Waals surface area contributed by atoms with Crippen molar-refractivity contribution in [2.24, 2.45) is 10.2 Å².